The smallest absolute Gasteiger partial charge is 0.229 e. The third-order valence-electron chi connectivity index (χ3n) is 3.47. The second-order valence-corrected chi connectivity index (χ2v) is 5.13. The molecule has 0 N–H and O–H groups in total. The van der Waals surface area contributed by atoms with E-state index in [9.17, 15) is 4.79 Å². The first kappa shape index (κ1) is 13.7. The highest BCUT2D eigenvalue weighted by atomic mass is 35.5. The summed E-state index contributed by atoms with van der Waals surface area (Å²) in [5, 5.41) is 1.28. The van der Waals surface area contributed by atoms with Crippen LogP contribution in [0.25, 0.3) is 11.0 Å². The number of hydrogen-bond donors (Lipinski definition) is 0. The van der Waals surface area contributed by atoms with Crippen LogP contribution in [0.2, 0.25) is 5.02 Å². The largest absolute Gasteiger partial charge is 0.497 e. The van der Waals surface area contributed by atoms with Crippen LogP contribution in [0.5, 0.6) is 5.75 Å². The van der Waals surface area contributed by atoms with Crippen molar-refractivity contribution in [2.45, 2.75) is 6.92 Å². The van der Waals surface area contributed by atoms with Gasteiger partial charge in [-0.05, 0) is 37.3 Å². The first-order valence-corrected chi connectivity index (χ1v) is 6.86. The molecule has 0 aliphatic carbocycles. The van der Waals surface area contributed by atoms with Gasteiger partial charge in [0.1, 0.15) is 11.3 Å². The van der Waals surface area contributed by atoms with Crippen molar-refractivity contribution < 1.29 is 13.9 Å². The topological polar surface area (TPSA) is 39.4 Å². The zero-order valence-corrected chi connectivity index (χ0v) is 12.4. The maximum absolute atomic E-state index is 12.6. The molecule has 1 aromatic heterocycles. The summed E-state index contributed by atoms with van der Waals surface area (Å²) in [5.74, 6) is 0.822. The van der Waals surface area contributed by atoms with E-state index in [1.165, 1.54) is 0 Å². The first-order chi connectivity index (χ1) is 10.1. The molecule has 0 fully saturated rings. The second-order valence-electron chi connectivity index (χ2n) is 4.73. The van der Waals surface area contributed by atoms with Gasteiger partial charge in [0.05, 0.1) is 12.1 Å². The molecule has 0 aliphatic rings. The number of halogens is 1. The van der Waals surface area contributed by atoms with Gasteiger partial charge >= 0.3 is 0 Å². The van der Waals surface area contributed by atoms with Gasteiger partial charge in [-0.3, -0.25) is 4.79 Å². The highest BCUT2D eigenvalue weighted by molar-refractivity contribution is 6.35. The van der Waals surface area contributed by atoms with Gasteiger partial charge in [-0.1, -0.05) is 23.7 Å². The Bertz CT molecular complexity index is 833. The molecule has 0 bridgehead atoms. The van der Waals surface area contributed by atoms with Crippen LogP contribution in [0.3, 0.4) is 0 Å². The molecule has 0 saturated heterocycles. The van der Waals surface area contributed by atoms with Gasteiger partial charge in [-0.15, -0.1) is 0 Å². The zero-order chi connectivity index (χ0) is 15.0. The molecule has 4 heteroatoms. The monoisotopic (exact) mass is 300 g/mol. The van der Waals surface area contributed by atoms with E-state index in [4.69, 9.17) is 20.8 Å². The number of aryl methyl sites for hydroxylation is 1. The number of furan rings is 1. The molecule has 21 heavy (non-hydrogen) atoms. The van der Waals surface area contributed by atoms with Crippen molar-refractivity contribution in [3.63, 3.8) is 0 Å². The molecule has 106 valence electrons. The summed E-state index contributed by atoms with van der Waals surface area (Å²) >= 11 is 6.09. The minimum Gasteiger partial charge on any atom is -0.497 e. The summed E-state index contributed by atoms with van der Waals surface area (Å²) in [4.78, 5) is 12.6. The molecule has 0 amide bonds. The van der Waals surface area contributed by atoms with Gasteiger partial charge in [-0.2, -0.15) is 0 Å². The van der Waals surface area contributed by atoms with Gasteiger partial charge in [0.25, 0.3) is 0 Å². The van der Waals surface area contributed by atoms with Crippen LogP contribution in [0, 0.1) is 6.92 Å². The lowest BCUT2D eigenvalue weighted by Gasteiger charge is -2.01. The number of methoxy groups -OCH3 is 1. The Hall–Kier alpha value is -2.26. The molecule has 3 nitrogen and oxygen atoms in total. The van der Waals surface area contributed by atoms with Crippen molar-refractivity contribution in [2.75, 3.05) is 7.11 Å². The fourth-order valence-corrected chi connectivity index (χ4v) is 2.53. The first-order valence-electron chi connectivity index (χ1n) is 6.48. The Morgan fingerprint density at radius 3 is 2.67 bits per heavy atom. The van der Waals surface area contributed by atoms with Gasteiger partial charge in [0.2, 0.25) is 5.78 Å². The number of hydrogen-bond acceptors (Lipinski definition) is 3. The number of rotatable bonds is 3. The molecular formula is C17H13ClO3. The van der Waals surface area contributed by atoms with Crippen LogP contribution in [0.4, 0.5) is 0 Å². The standard InChI is InChI=1S/C17H13ClO3/c1-10-13-9-11(20-2)7-8-15(13)21-17(10)16(19)12-5-3-4-6-14(12)18/h3-9H,1-2H3. The second kappa shape index (κ2) is 5.26. The quantitative estimate of drug-likeness (QED) is 0.662. The molecule has 0 spiro atoms. The predicted molar refractivity (Wildman–Crippen MR) is 82.4 cm³/mol. The van der Waals surface area contributed by atoms with Gasteiger partial charge < -0.3 is 9.15 Å². The van der Waals surface area contributed by atoms with Gasteiger partial charge in [0, 0.05) is 16.5 Å². The lowest BCUT2D eigenvalue weighted by molar-refractivity contribution is 0.101. The number of carbonyl (C=O) groups excluding carboxylic acids is 1. The molecule has 1 heterocycles. The van der Waals surface area contributed by atoms with Crippen molar-refractivity contribution in [3.05, 3.63) is 64.4 Å². The highest BCUT2D eigenvalue weighted by Crippen LogP contribution is 2.31. The van der Waals surface area contributed by atoms with Crippen LogP contribution in [0.15, 0.2) is 46.9 Å². The molecule has 3 rings (SSSR count). The SMILES string of the molecule is COc1ccc2oc(C(=O)c3ccccc3Cl)c(C)c2c1. The Balaban J connectivity index is 2.15. The Labute approximate surface area is 127 Å². The molecule has 0 radical (unpaired) electrons. The van der Waals surface area contributed by atoms with E-state index in [2.05, 4.69) is 0 Å². The van der Waals surface area contributed by atoms with Crippen molar-refractivity contribution in [2.24, 2.45) is 0 Å². The van der Waals surface area contributed by atoms with E-state index in [-0.39, 0.29) is 5.78 Å². The zero-order valence-electron chi connectivity index (χ0n) is 11.6. The summed E-state index contributed by atoms with van der Waals surface area (Å²) in [6.45, 7) is 1.86. The maximum Gasteiger partial charge on any atom is 0.229 e. The molecule has 0 unspecified atom stereocenters. The van der Waals surface area contributed by atoms with E-state index in [0.717, 1.165) is 16.7 Å². The minimum atomic E-state index is -0.215. The summed E-state index contributed by atoms with van der Waals surface area (Å²) in [6, 6.07) is 12.4. The van der Waals surface area contributed by atoms with Crippen molar-refractivity contribution in [3.8, 4) is 5.75 Å². The number of benzene rings is 2. The van der Waals surface area contributed by atoms with Crippen LogP contribution >= 0.6 is 11.6 Å². The Morgan fingerprint density at radius 2 is 1.95 bits per heavy atom. The summed E-state index contributed by atoms with van der Waals surface area (Å²) < 4.78 is 10.9. The predicted octanol–water partition coefficient (Wildman–Crippen LogP) is 4.63. The highest BCUT2D eigenvalue weighted by Gasteiger charge is 2.21. The third kappa shape index (κ3) is 2.30. The maximum atomic E-state index is 12.6. The average Bonchev–Trinajstić information content (AvgIpc) is 2.83. The lowest BCUT2D eigenvalue weighted by Crippen LogP contribution is -2.02. The number of fused-ring (bicyclic) bond motifs is 1. The van der Waals surface area contributed by atoms with E-state index >= 15 is 0 Å². The van der Waals surface area contributed by atoms with Crippen molar-refractivity contribution in [1.29, 1.82) is 0 Å². The molecule has 0 aliphatic heterocycles. The molecule has 0 saturated carbocycles. The lowest BCUT2D eigenvalue weighted by atomic mass is 10.0. The summed E-state index contributed by atoms with van der Waals surface area (Å²) in [5.41, 5.74) is 1.88. The number of carbonyl (C=O) groups is 1. The van der Waals surface area contributed by atoms with Gasteiger partial charge in [-0.25, -0.2) is 0 Å². The van der Waals surface area contributed by atoms with E-state index in [1.807, 2.05) is 13.0 Å². The third-order valence-corrected chi connectivity index (χ3v) is 3.80. The normalized spacial score (nSPS) is 10.8. The van der Waals surface area contributed by atoms with E-state index < -0.39 is 0 Å². The molecule has 0 atom stereocenters. The van der Waals surface area contributed by atoms with Crippen molar-refractivity contribution >= 4 is 28.4 Å². The Kier molecular flexibility index (Phi) is 3.43. The minimum absolute atomic E-state index is 0.215. The van der Waals surface area contributed by atoms with Crippen LogP contribution < -0.4 is 4.74 Å². The fourth-order valence-electron chi connectivity index (χ4n) is 2.31. The number of ketones is 1. The van der Waals surface area contributed by atoms with E-state index in [1.54, 1.807) is 43.5 Å². The fraction of sp³-hybridized carbons (Fsp3) is 0.118. The van der Waals surface area contributed by atoms with Crippen LogP contribution in [-0.4, -0.2) is 12.9 Å². The van der Waals surface area contributed by atoms with E-state index in [0.29, 0.717) is 21.9 Å². The average molecular weight is 301 g/mol. The number of ether oxygens (including phenoxy) is 1. The molecule has 3 aromatic rings. The van der Waals surface area contributed by atoms with Crippen molar-refractivity contribution in [1.82, 2.24) is 0 Å². The summed E-state index contributed by atoms with van der Waals surface area (Å²) in [7, 11) is 1.60. The molecular weight excluding hydrogens is 288 g/mol. The van der Waals surface area contributed by atoms with Crippen LogP contribution in [-0.2, 0) is 0 Å². The molecule has 2 aromatic carbocycles. The Morgan fingerprint density at radius 1 is 1.19 bits per heavy atom. The van der Waals surface area contributed by atoms with Crippen LogP contribution in [0.1, 0.15) is 21.7 Å². The van der Waals surface area contributed by atoms with Gasteiger partial charge in [0.15, 0.2) is 5.76 Å². The summed E-state index contributed by atoms with van der Waals surface area (Å²) in [6.07, 6.45) is 0.